The van der Waals surface area contributed by atoms with E-state index in [4.69, 9.17) is 0 Å². The molecule has 0 bridgehead atoms. The molecule has 1 N–H and O–H groups in total. The number of benzene rings is 1. The lowest BCUT2D eigenvalue weighted by molar-refractivity contribution is -0.133. The predicted octanol–water partition coefficient (Wildman–Crippen LogP) is 4.34. The highest BCUT2D eigenvalue weighted by molar-refractivity contribution is 7.13. The highest BCUT2D eigenvalue weighted by Gasteiger charge is 2.34. The molecule has 1 aromatic carbocycles. The SMILES string of the molecule is Cc1ccc(NC(=O)c2nnc(C3CCCN3C(=O)CC3CCCC3)s2)cc1. The molecular formula is C21H26N4O2S. The van der Waals surface area contributed by atoms with E-state index in [-0.39, 0.29) is 17.9 Å². The molecule has 2 heterocycles. The number of hydrogen-bond acceptors (Lipinski definition) is 5. The molecule has 7 heteroatoms. The molecule has 1 aromatic heterocycles. The van der Waals surface area contributed by atoms with Crippen LogP contribution in [0.15, 0.2) is 24.3 Å². The van der Waals surface area contributed by atoms with E-state index in [2.05, 4.69) is 15.5 Å². The molecule has 0 spiro atoms. The van der Waals surface area contributed by atoms with Gasteiger partial charge in [-0.1, -0.05) is 41.9 Å². The van der Waals surface area contributed by atoms with Gasteiger partial charge in [0.2, 0.25) is 10.9 Å². The summed E-state index contributed by atoms with van der Waals surface area (Å²) in [6.45, 7) is 2.78. The summed E-state index contributed by atoms with van der Waals surface area (Å²) in [7, 11) is 0. The normalized spacial score (nSPS) is 19.9. The molecule has 2 aromatic rings. The summed E-state index contributed by atoms with van der Waals surface area (Å²) in [4.78, 5) is 27.2. The van der Waals surface area contributed by atoms with E-state index in [1.54, 1.807) is 0 Å². The lowest BCUT2D eigenvalue weighted by atomic mass is 10.0. The monoisotopic (exact) mass is 398 g/mol. The molecule has 0 radical (unpaired) electrons. The van der Waals surface area contributed by atoms with Gasteiger partial charge in [0, 0.05) is 18.7 Å². The summed E-state index contributed by atoms with van der Waals surface area (Å²) < 4.78 is 0. The lowest BCUT2D eigenvalue weighted by Gasteiger charge is -2.24. The minimum absolute atomic E-state index is 0.0349. The first-order valence-electron chi connectivity index (χ1n) is 10.1. The number of aryl methyl sites for hydroxylation is 1. The second-order valence-corrected chi connectivity index (χ2v) is 8.87. The summed E-state index contributed by atoms with van der Waals surface area (Å²) in [5.74, 6) is 0.517. The van der Waals surface area contributed by atoms with Crippen LogP contribution in [0.25, 0.3) is 0 Å². The fraction of sp³-hybridized carbons (Fsp3) is 0.524. The molecule has 1 atom stereocenters. The van der Waals surface area contributed by atoms with Crippen LogP contribution in [0.5, 0.6) is 0 Å². The molecule has 6 nitrogen and oxygen atoms in total. The maximum atomic E-state index is 12.8. The van der Waals surface area contributed by atoms with Gasteiger partial charge in [0.05, 0.1) is 6.04 Å². The van der Waals surface area contributed by atoms with Crippen LogP contribution in [-0.2, 0) is 4.79 Å². The largest absolute Gasteiger partial charge is 0.333 e. The fourth-order valence-electron chi connectivity index (χ4n) is 4.18. The predicted molar refractivity (Wildman–Crippen MR) is 109 cm³/mol. The Hall–Kier alpha value is -2.28. The number of nitrogens with one attached hydrogen (secondary N) is 1. The average molecular weight is 399 g/mol. The fourth-order valence-corrected chi connectivity index (χ4v) is 5.07. The van der Waals surface area contributed by atoms with Crippen molar-refractivity contribution in [2.75, 3.05) is 11.9 Å². The van der Waals surface area contributed by atoms with E-state index < -0.39 is 0 Å². The van der Waals surface area contributed by atoms with Gasteiger partial charge in [0.15, 0.2) is 0 Å². The number of carbonyl (C=O) groups excluding carboxylic acids is 2. The number of rotatable bonds is 5. The highest BCUT2D eigenvalue weighted by Crippen LogP contribution is 2.36. The number of carbonyl (C=O) groups is 2. The van der Waals surface area contributed by atoms with Gasteiger partial charge >= 0.3 is 0 Å². The smallest absolute Gasteiger partial charge is 0.286 e. The van der Waals surface area contributed by atoms with Crippen molar-refractivity contribution in [2.45, 2.75) is 57.9 Å². The van der Waals surface area contributed by atoms with E-state index in [9.17, 15) is 9.59 Å². The molecule has 28 heavy (non-hydrogen) atoms. The number of hydrogen-bond donors (Lipinski definition) is 1. The van der Waals surface area contributed by atoms with Crippen LogP contribution in [0.3, 0.4) is 0 Å². The van der Waals surface area contributed by atoms with Crippen molar-refractivity contribution >= 4 is 28.8 Å². The van der Waals surface area contributed by atoms with E-state index >= 15 is 0 Å². The third-order valence-corrected chi connectivity index (χ3v) is 6.76. The van der Waals surface area contributed by atoms with Crippen molar-refractivity contribution < 1.29 is 9.59 Å². The van der Waals surface area contributed by atoms with Crippen molar-refractivity contribution in [3.05, 3.63) is 39.8 Å². The van der Waals surface area contributed by atoms with Crippen LogP contribution in [0, 0.1) is 12.8 Å². The summed E-state index contributed by atoms with van der Waals surface area (Å²) in [6, 6.07) is 7.61. The summed E-state index contributed by atoms with van der Waals surface area (Å²) in [5, 5.41) is 12.3. The molecule has 1 saturated heterocycles. The minimum atomic E-state index is -0.255. The zero-order valence-corrected chi connectivity index (χ0v) is 17.0. The molecule has 1 unspecified atom stereocenters. The number of anilines is 1. The first kappa shape index (κ1) is 19.1. The number of nitrogens with zero attached hydrogens (tertiary/aromatic N) is 3. The van der Waals surface area contributed by atoms with Gasteiger partial charge < -0.3 is 10.2 Å². The van der Waals surface area contributed by atoms with Gasteiger partial charge in [-0.05, 0) is 50.7 Å². The van der Waals surface area contributed by atoms with Crippen LogP contribution in [0.2, 0.25) is 0 Å². The molecule has 2 amide bonds. The van der Waals surface area contributed by atoms with Crippen LogP contribution >= 0.6 is 11.3 Å². The Morgan fingerprint density at radius 2 is 1.86 bits per heavy atom. The molecule has 1 aliphatic carbocycles. The lowest BCUT2D eigenvalue weighted by Crippen LogP contribution is -2.31. The first-order chi connectivity index (χ1) is 13.6. The van der Waals surface area contributed by atoms with Crippen molar-refractivity contribution in [1.29, 1.82) is 0 Å². The number of likely N-dealkylation sites (tertiary alicyclic amines) is 1. The summed E-state index contributed by atoms with van der Waals surface area (Å²) >= 11 is 1.30. The topological polar surface area (TPSA) is 75.2 Å². The molecule has 1 aliphatic heterocycles. The molecule has 2 aliphatic rings. The Bertz CT molecular complexity index is 842. The summed E-state index contributed by atoms with van der Waals surface area (Å²) in [5.41, 5.74) is 1.88. The van der Waals surface area contributed by atoms with E-state index in [0.29, 0.717) is 17.3 Å². The quantitative estimate of drug-likeness (QED) is 0.813. The van der Waals surface area contributed by atoms with Gasteiger partial charge in [-0.2, -0.15) is 0 Å². The molecule has 4 rings (SSSR count). The minimum Gasteiger partial charge on any atom is -0.333 e. The zero-order valence-electron chi connectivity index (χ0n) is 16.2. The number of amides is 2. The average Bonchev–Trinajstić information content (AvgIpc) is 3.44. The Morgan fingerprint density at radius 3 is 2.61 bits per heavy atom. The molecule has 148 valence electrons. The first-order valence-corrected chi connectivity index (χ1v) is 10.9. The second-order valence-electron chi connectivity index (χ2n) is 7.87. The maximum Gasteiger partial charge on any atom is 0.286 e. The van der Waals surface area contributed by atoms with Gasteiger partial charge in [-0.3, -0.25) is 9.59 Å². The third kappa shape index (κ3) is 4.24. The Balaban J connectivity index is 1.41. The van der Waals surface area contributed by atoms with Gasteiger partial charge in [-0.15, -0.1) is 10.2 Å². The molecular weight excluding hydrogens is 372 g/mol. The van der Waals surface area contributed by atoms with Crippen molar-refractivity contribution in [2.24, 2.45) is 5.92 Å². The van der Waals surface area contributed by atoms with Crippen LogP contribution in [0.4, 0.5) is 5.69 Å². The third-order valence-electron chi connectivity index (χ3n) is 5.74. The standard InChI is InChI=1S/C21H26N4O2S/c1-14-8-10-16(11-9-14)22-19(27)21-24-23-20(28-21)17-7-4-12-25(17)18(26)13-15-5-2-3-6-15/h8-11,15,17H,2-7,12-13H2,1H3,(H,22,27). The van der Waals surface area contributed by atoms with Crippen molar-refractivity contribution in [3.8, 4) is 0 Å². The maximum absolute atomic E-state index is 12.8. The molecule has 1 saturated carbocycles. The van der Waals surface area contributed by atoms with Crippen molar-refractivity contribution in [1.82, 2.24) is 15.1 Å². The van der Waals surface area contributed by atoms with E-state index in [1.165, 1.54) is 37.0 Å². The summed E-state index contributed by atoms with van der Waals surface area (Å²) in [6.07, 6.45) is 7.36. The van der Waals surface area contributed by atoms with Crippen LogP contribution in [0.1, 0.15) is 71.4 Å². The Labute approximate surface area is 169 Å². The Kier molecular flexibility index (Phi) is 5.71. The molecule has 2 fully saturated rings. The van der Waals surface area contributed by atoms with E-state index in [1.807, 2.05) is 36.1 Å². The zero-order chi connectivity index (χ0) is 19.5. The highest BCUT2D eigenvalue weighted by atomic mass is 32.1. The van der Waals surface area contributed by atoms with Gasteiger partial charge in [0.1, 0.15) is 5.01 Å². The Morgan fingerprint density at radius 1 is 1.11 bits per heavy atom. The van der Waals surface area contributed by atoms with Crippen molar-refractivity contribution in [3.63, 3.8) is 0 Å². The van der Waals surface area contributed by atoms with Gasteiger partial charge in [0.25, 0.3) is 5.91 Å². The number of aromatic nitrogens is 2. The van der Waals surface area contributed by atoms with E-state index in [0.717, 1.165) is 35.6 Å². The van der Waals surface area contributed by atoms with Crippen LogP contribution in [-0.4, -0.2) is 33.5 Å². The van der Waals surface area contributed by atoms with Crippen LogP contribution < -0.4 is 5.32 Å². The second kappa shape index (κ2) is 8.39. The van der Waals surface area contributed by atoms with Gasteiger partial charge in [-0.25, -0.2) is 0 Å².